The van der Waals surface area contributed by atoms with Crippen molar-refractivity contribution < 1.29 is 14.3 Å². The molecule has 1 aromatic rings. The second-order valence-corrected chi connectivity index (χ2v) is 7.43. The molecule has 1 aliphatic carbocycles. The summed E-state index contributed by atoms with van der Waals surface area (Å²) in [5, 5.41) is 2.86. The van der Waals surface area contributed by atoms with E-state index < -0.39 is 0 Å². The van der Waals surface area contributed by atoms with Crippen LogP contribution in [0.15, 0.2) is 24.3 Å². The fourth-order valence-electron chi connectivity index (χ4n) is 3.52. The van der Waals surface area contributed by atoms with Gasteiger partial charge < -0.3 is 14.4 Å². The van der Waals surface area contributed by atoms with Crippen LogP contribution in [0.3, 0.4) is 0 Å². The molecule has 0 saturated heterocycles. The van der Waals surface area contributed by atoms with Crippen molar-refractivity contribution in [2.75, 3.05) is 32.6 Å². The lowest BCUT2D eigenvalue weighted by Crippen LogP contribution is -2.31. The maximum atomic E-state index is 12.4. The minimum absolute atomic E-state index is 0.000440. The van der Waals surface area contributed by atoms with E-state index in [0.29, 0.717) is 24.0 Å². The van der Waals surface area contributed by atoms with Crippen LogP contribution in [0, 0.1) is 5.92 Å². The Kier molecular flexibility index (Phi) is 8.75. The normalized spacial score (nSPS) is 19.5. The molecular weight excluding hydrogens is 328 g/mol. The fraction of sp³-hybridized carbons (Fsp3) is 0.667. The fourth-order valence-corrected chi connectivity index (χ4v) is 3.52. The molecule has 0 bridgehead atoms. The Morgan fingerprint density at radius 1 is 1.19 bits per heavy atom. The van der Waals surface area contributed by atoms with Crippen molar-refractivity contribution in [1.29, 1.82) is 0 Å². The molecule has 0 heterocycles. The number of para-hydroxylation sites is 2. The summed E-state index contributed by atoms with van der Waals surface area (Å²) in [5.41, 5.74) is 0.676. The van der Waals surface area contributed by atoms with Gasteiger partial charge in [0.05, 0.1) is 12.3 Å². The predicted molar refractivity (Wildman–Crippen MR) is 106 cm³/mol. The van der Waals surface area contributed by atoms with E-state index in [-0.39, 0.29) is 12.2 Å². The van der Waals surface area contributed by atoms with Crippen molar-refractivity contribution in [2.24, 2.45) is 5.92 Å². The molecule has 1 amide bonds. The van der Waals surface area contributed by atoms with Gasteiger partial charge in [-0.15, -0.1) is 0 Å². The molecule has 5 heteroatoms. The molecule has 2 rings (SSSR count). The van der Waals surface area contributed by atoms with Crippen LogP contribution in [0.5, 0.6) is 5.75 Å². The number of benzene rings is 1. The first-order chi connectivity index (χ1) is 12.6. The Balaban J connectivity index is 1.84. The number of carbonyl (C=O) groups is 1. The highest BCUT2D eigenvalue weighted by atomic mass is 16.6. The zero-order valence-electron chi connectivity index (χ0n) is 16.5. The Morgan fingerprint density at radius 3 is 2.77 bits per heavy atom. The second kappa shape index (κ2) is 11.1. The van der Waals surface area contributed by atoms with Gasteiger partial charge >= 0.3 is 6.09 Å². The van der Waals surface area contributed by atoms with Gasteiger partial charge in [-0.1, -0.05) is 38.3 Å². The maximum absolute atomic E-state index is 12.4. The highest BCUT2D eigenvalue weighted by Crippen LogP contribution is 2.30. The van der Waals surface area contributed by atoms with Crippen LogP contribution in [0.4, 0.5) is 10.5 Å². The van der Waals surface area contributed by atoms with E-state index in [1.165, 1.54) is 19.3 Å². The van der Waals surface area contributed by atoms with Crippen molar-refractivity contribution in [3.05, 3.63) is 24.3 Å². The van der Waals surface area contributed by atoms with E-state index in [0.717, 1.165) is 32.2 Å². The summed E-state index contributed by atoms with van der Waals surface area (Å²) in [6, 6.07) is 7.56. The zero-order valence-corrected chi connectivity index (χ0v) is 16.5. The average molecular weight is 363 g/mol. The Labute approximate surface area is 158 Å². The average Bonchev–Trinajstić information content (AvgIpc) is 3.02. The monoisotopic (exact) mass is 362 g/mol. The third-order valence-corrected chi connectivity index (χ3v) is 4.83. The molecule has 0 unspecified atom stereocenters. The highest BCUT2D eigenvalue weighted by Gasteiger charge is 2.30. The lowest BCUT2D eigenvalue weighted by molar-refractivity contribution is 0.0780. The van der Waals surface area contributed by atoms with Crippen molar-refractivity contribution in [3.8, 4) is 5.75 Å². The van der Waals surface area contributed by atoms with E-state index in [2.05, 4.69) is 31.2 Å². The number of hydrogen-bond donors (Lipinski definition) is 1. The lowest BCUT2D eigenvalue weighted by atomic mass is 10.1. The van der Waals surface area contributed by atoms with Gasteiger partial charge in [0.15, 0.2) is 0 Å². The molecule has 5 nitrogen and oxygen atoms in total. The van der Waals surface area contributed by atoms with Crippen LogP contribution in [0.1, 0.15) is 51.9 Å². The second-order valence-electron chi connectivity index (χ2n) is 7.43. The molecule has 26 heavy (non-hydrogen) atoms. The van der Waals surface area contributed by atoms with Crippen molar-refractivity contribution >= 4 is 11.8 Å². The summed E-state index contributed by atoms with van der Waals surface area (Å²) in [5.74, 6) is 1.12. The minimum Gasteiger partial charge on any atom is -0.491 e. The zero-order chi connectivity index (χ0) is 18.8. The number of carbonyl (C=O) groups excluding carboxylic acids is 1. The van der Waals surface area contributed by atoms with Crippen molar-refractivity contribution in [2.45, 2.75) is 58.0 Å². The van der Waals surface area contributed by atoms with Gasteiger partial charge in [0.25, 0.3) is 0 Å². The van der Waals surface area contributed by atoms with Gasteiger partial charge in [-0.2, -0.15) is 0 Å². The minimum atomic E-state index is -0.386. The topological polar surface area (TPSA) is 50.8 Å². The molecule has 1 fully saturated rings. The number of ether oxygens (including phenoxy) is 2. The molecule has 1 saturated carbocycles. The van der Waals surface area contributed by atoms with Gasteiger partial charge in [0.2, 0.25) is 0 Å². The van der Waals surface area contributed by atoms with Gasteiger partial charge in [0.1, 0.15) is 11.9 Å². The molecule has 0 aliphatic heterocycles. The molecule has 1 aromatic carbocycles. The molecule has 1 N–H and O–H groups in total. The first kappa shape index (κ1) is 20.6. The van der Waals surface area contributed by atoms with Crippen LogP contribution in [-0.4, -0.2) is 44.3 Å². The van der Waals surface area contributed by atoms with Crippen molar-refractivity contribution in [3.63, 3.8) is 0 Å². The van der Waals surface area contributed by atoms with Crippen LogP contribution < -0.4 is 10.1 Å². The van der Waals surface area contributed by atoms with E-state index in [1.54, 1.807) is 0 Å². The Bertz CT molecular complexity index is 548. The number of nitrogens with one attached hydrogen (secondary N) is 1. The number of unbranched alkanes of at least 4 members (excludes halogenated alkanes) is 3. The predicted octanol–water partition coefficient (Wildman–Crippen LogP) is 4.92. The highest BCUT2D eigenvalue weighted by molar-refractivity contribution is 5.86. The molecular formula is C21H34N2O3. The van der Waals surface area contributed by atoms with E-state index >= 15 is 0 Å². The molecule has 1 aliphatic rings. The smallest absolute Gasteiger partial charge is 0.412 e. The molecule has 2 atom stereocenters. The number of hydrogen-bond acceptors (Lipinski definition) is 4. The Morgan fingerprint density at radius 2 is 2.00 bits per heavy atom. The summed E-state index contributed by atoms with van der Waals surface area (Å²) in [4.78, 5) is 14.5. The quantitative estimate of drug-likeness (QED) is 0.600. The summed E-state index contributed by atoms with van der Waals surface area (Å²) in [6.07, 6.45) is 7.43. The van der Waals surface area contributed by atoms with E-state index in [4.69, 9.17) is 9.47 Å². The van der Waals surface area contributed by atoms with Gasteiger partial charge in [0, 0.05) is 12.5 Å². The largest absolute Gasteiger partial charge is 0.491 e. The number of amides is 1. The number of rotatable bonds is 10. The molecule has 146 valence electrons. The summed E-state index contributed by atoms with van der Waals surface area (Å²) in [7, 11) is 4.12. The van der Waals surface area contributed by atoms with Crippen LogP contribution in [0.25, 0.3) is 0 Å². The van der Waals surface area contributed by atoms with E-state index in [9.17, 15) is 4.79 Å². The van der Waals surface area contributed by atoms with Crippen LogP contribution in [-0.2, 0) is 4.74 Å². The standard InChI is InChI=1S/C21H34N2O3/c1-4-5-6-9-15-25-20-13-8-7-12-18(20)22-21(24)26-19-14-10-11-17(19)16-23(2)3/h7-8,12-13,17,19H,4-6,9-11,14-16H2,1-3H3,(H,22,24)/t17-,19-/m1/s1. The number of anilines is 1. The molecule has 0 spiro atoms. The lowest BCUT2D eigenvalue weighted by Gasteiger charge is -2.23. The number of nitrogens with zero attached hydrogens (tertiary/aromatic N) is 1. The van der Waals surface area contributed by atoms with Crippen molar-refractivity contribution in [1.82, 2.24) is 4.90 Å². The van der Waals surface area contributed by atoms with Crippen LogP contribution in [0.2, 0.25) is 0 Å². The first-order valence-electron chi connectivity index (χ1n) is 9.94. The summed E-state index contributed by atoms with van der Waals surface area (Å²) < 4.78 is 11.6. The molecule has 0 radical (unpaired) electrons. The third-order valence-electron chi connectivity index (χ3n) is 4.83. The van der Waals surface area contributed by atoms with Gasteiger partial charge in [-0.25, -0.2) is 4.79 Å². The SMILES string of the molecule is CCCCCCOc1ccccc1NC(=O)O[C@@H]1CCC[C@@H]1CN(C)C. The summed E-state index contributed by atoms with van der Waals surface area (Å²) >= 11 is 0. The summed E-state index contributed by atoms with van der Waals surface area (Å²) in [6.45, 7) is 3.82. The van der Waals surface area contributed by atoms with Gasteiger partial charge in [-0.3, -0.25) is 5.32 Å². The third kappa shape index (κ3) is 6.87. The van der Waals surface area contributed by atoms with Crippen LogP contribution >= 0.6 is 0 Å². The Hall–Kier alpha value is -1.75. The van der Waals surface area contributed by atoms with Gasteiger partial charge in [-0.05, 0) is 51.9 Å². The first-order valence-corrected chi connectivity index (χ1v) is 9.94. The maximum Gasteiger partial charge on any atom is 0.412 e. The molecule has 0 aromatic heterocycles. The van der Waals surface area contributed by atoms with E-state index in [1.807, 2.05) is 24.3 Å².